The van der Waals surface area contributed by atoms with E-state index in [1.165, 1.54) is 12.8 Å². The van der Waals surface area contributed by atoms with E-state index in [4.69, 9.17) is 0 Å². The maximum absolute atomic E-state index is 4.44. The Labute approximate surface area is 138 Å². The van der Waals surface area contributed by atoms with Crippen LogP contribution in [0.15, 0.2) is 36.8 Å². The zero-order valence-corrected chi connectivity index (χ0v) is 14.0. The highest BCUT2D eigenvalue weighted by Crippen LogP contribution is 2.21. The molecule has 122 valence electrons. The van der Waals surface area contributed by atoms with Gasteiger partial charge in [-0.3, -0.25) is 9.88 Å². The van der Waals surface area contributed by atoms with Crippen LogP contribution in [0.3, 0.4) is 0 Å². The molecule has 23 heavy (non-hydrogen) atoms. The van der Waals surface area contributed by atoms with E-state index in [1.807, 2.05) is 19.2 Å². The van der Waals surface area contributed by atoms with Gasteiger partial charge in [-0.1, -0.05) is 6.07 Å². The van der Waals surface area contributed by atoms with E-state index in [0.717, 1.165) is 43.3 Å². The van der Waals surface area contributed by atoms with Gasteiger partial charge in [-0.15, -0.1) is 0 Å². The van der Waals surface area contributed by atoms with Gasteiger partial charge in [-0.05, 0) is 45.4 Å². The first-order chi connectivity index (χ1) is 11.2. The smallest absolute Gasteiger partial charge is 0.132 e. The molecule has 0 saturated carbocycles. The summed E-state index contributed by atoms with van der Waals surface area (Å²) in [7, 11) is 2.21. The Kier molecular flexibility index (Phi) is 5.18. The van der Waals surface area contributed by atoms with Crippen molar-refractivity contribution < 1.29 is 0 Å². The molecule has 1 atom stereocenters. The number of hydrogen-bond donors (Lipinski definition) is 0. The van der Waals surface area contributed by atoms with Crippen LogP contribution >= 0.6 is 0 Å². The summed E-state index contributed by atoms with van der Waals surface area (Å²) in [5.41, 5.74) is 2.17. The van der Waals surface area contributed by atoms with Crippen LogP contribution < -0.4 is 4.90 Å². The summed E-state index contributed by atoms with van der Waals surface area (Å²) < 4.78 is 0. The topological polar surface area (TPSA) is 45.2 Å². The highest BCUT2D eigenvalue weighted by atomic mass is 15.2. The molecule has 0 aliphatic carbocycles. The Morgan fingerprint density at radius 3 is 2.87 bits per heavy atom. The molecule has 2 aromatic heterocycles. The molecule has 5 heteroatoms. The zero-order valence-electron chi connectivity index (χ0n) is 14.0. The number of hydrogen-bond acceptors (Lipinski definition) is 5. The van der Waals surface area contributed by atoms with Crippen molar-refractivity contribution in [3.05, 3.63) is 48.2 Å². The van der Waals surface area contributed by atoms with Gasteiger partial charge < -0.3 is 4.90 Å². The summed E-state index contributed by atoms with van der Waals surface area (Å²) >= 11 is 0. The highest BCUT2D eigenvalue weighted by Gasteiger charge is 2.21. The van der Waals surface area contributed by atoms with E-state index in [-0.39, 0.29) is 0 Å². The zero-order chi connectivity index (χ0) is 16.1. The summed E-state index contributed by atoms with van der Waals surface area (Å²) in [6.07, 6.45) is 7.12. The third-order valence-electron chi connectivity index (χ3n) is 4.57. The van der Waals surface area contributed by atoms with Crippen molar-refractivity contribution in [3.8, 4) is 0 Å². The SMILES string of the molecule is Cc1cc(N2CCC[C@@H](N(C)Cc3ccccn3)CC2)ncn1. The summed E-state index contributed by atoms with van der Waals surface area (Å²) in [6, 6.07) is 8.81. The lowest BCUT2D eigenvalue weighted by Crippen LogP contribution is -2.33. The van der Waals surface area contributed by atoms with Crippen LogP contribution in [0.5, 0.6) is 0 Å². The fourth-order valence-corrected chi connectivity index (χ4v) is 3.24. The van der Waals surface area contributed by atoms with E-state index in [2.05, 4.69) is 50.0 Å². The molecule has 0 bridgehead atoms. The number of nitrogens with zero attached hydrogens (tertiary/aromatic N) is 5. The van der Waals surface area contributed by atoms with Crippen molar-refractivity contribution in [2.75, 3.05) is 25.0 Å². The minimum Gasteiger partial charge on any atom is -0.356 e. The molecule has 0 unspecified atom stereocenters. The molecule has 1 aliphatic rings. The summed E-state index contributed by atoms with van der Waals surface area (Å²) in [6.45, 7) is 5.06. The van der Waals surface area contributed by atoms with Crippen LogP contribution in [0, 0.1) is 6.92 Å². The van der Waals surface area contributed by atoms with Crippen molar-refractivity contribution in [3.63, 3.8) is 0 Å². The average molecular weight is 311 g/mol. The molecule has 0 spiro atoms. The van der Waals surface area contributed by atoms with Gasteiger partial charge in [-0.25, -0.2) is 9.97 Å². The summed E-state index contributed by atoms with van der Waals surface area (Å²) in [4.78, 5) is 17.9. The van der Waals surface area contributed by atoms with E-state index in [1.54, 1.807) is 6.33 Å². The predicted molar refractivity (Wildman–Crippen MR) is 92.3 cm³/mol. The van der Waals surface area contributed by atoms with E-state index in [0.29, 0.717) is 6.04 Å². The van der Waals surface area contributed by atoms with Crippen LogP contribution in [0.25, 0.3) is 0 Å². The lowest BCUT2D eigenvalue weighted by Gasteiger charge is -2.27. The molecule has 1 aliphatic heterocycles. The Morgan fingerprint density at radius 1 is 1.17 bits per heavy atom. The molecule has 2 aromatic rings. The highest BCUT2D eigenvalue weighted by molar-refractivity contribution is 5.38. The second kappa shape index (κ2) is 7.51. The van der Waals surface area contributed by atoms with Gasteiger partial charge in [0.05, 0.1) is 5.69 Å². The first-order valence-electron chi connectivity index (χ1n) is 8.36. The molecule has 0 N–H and O–H groups in total. The molecule has 0 radical (unpaired) electrons. The van der Waals surface area contributed by atoms with Gasteiger partial charge >= 0.3 is 0 Å². The van der Waals surface area contributed by atoms with Crippen LogP contribution in [0.2, 0.25) is 0 Å². The standard InChI is InChI=1S/C18H25N5/c1-15-12-18(21-14-20-15)23-10-5-7-17(8-11-23)22(2)13-16-6-3-4-9-19-16/h3-4,6,9,12,14,17H,5,7-8,10-11,13H2,1-2H3/t17-/m1/s1. The first-order valence-corrected chi connectivity index (χ1v) is 8.36. The molecule has 1 fully saturated rings. The minimum absolute atomic E-state index is 0.602. The van der Waals surface area contributed by atoms with Crippen LogP contribution in [-0.4, -0.2) is 46.0 Å². The number of rotatable bonds is 4. The monoisotopic (exact) mass is 311 g/mol. The molecule has 3 heterocycles. The summed E-state index contributed by atoms with van der Waals surface area (Å²) in [5.74, 6) is 1.06. The maximum atomic E-state index is 4.44. The Balaban J connectivity index is 1.60. The van der Waals surface area contributed by atoms with Crippen LogP contribution in [0.1, 0.15) is 30.7 Å². The second-order valence-corrected chi connectivity index (χ2v) is 6.33. The molecule has 5 nitrogen and oxygen atoms in total. The molecule has 0 amide bonds. The van der Waals surface area contributed by atoms with Gasteiger partial charge in [0.25, 0.3) is 0 Å². The van der Waals surface area contributed by atoms with Crippen molar-refractivity contribution in [1.29, 1.82) is 0 Å². The third kappa shape index (κ3) is 4.26. The maximum Gasteiger partial charge on any atom is 0.132 e. The van der Waals surface area contributed by atoms with Crippen molar-refractivity contribution in [2.45, 2.75) is 38.8 Å². The lowest BCUT2D eigenvalue weighted by atomic mass is 10.1. The molecule has 3 rings (SSSR count). The van der Waals surface area contributed by atoms with E-state index in [9.17, 15) is 0 Å². The Morgan fingerprint density at radius 2 is 2.09 bits per heavy atom. The fraction of sp³-hybridized carbons (Fsp3) is 0.500. The van der Waals surface area contributed by atoms with Crippen LogP contribution in [0.4, 0.5) is 5.82 Å². The van der Waals surface area contributed by atoms with Gasteiger partial charge in [0.2, 0.25) is 0 Å². The average Bonchev–Trinajstić information content (AvgIpc) is 2.82. The first kappa shape index (κ1) is 15.9. The predicted octanol–water partition coefficient (Wildman–Crippen LogP) is 2.67. The van der Waals surface area contributed by atoms with Crippen molar-refractivity contribution in [2.24, 2.45) is 0 Å². The molecule has 1 saturated heterocycles. The normalized spacial score (nSPS) is 18.9. The third-order valence-corrected chi connectivity index (χ3v) is 4.57. The number of anilines is 1. The van der Waals surface area contributed by atoms with Crippen molar-refractivity contribution >= 4 is 5.82 Å². The van der Waals surface area contributed by atoms with Gasteiger partial charge in [0.1, 0.15) is 12.1 Å². The number of aromatic nitrogens is 3. The largest absolute Gasteiger partial charge is 0.356 e. The van der Waals surface area contributed by atoms with Crippen molar-refractivity contribution in [1.82, 2.24) is 19.9 Å². The van der Waals surface area contributed by atoms with Gasteiger partial charge in [0.15, 0.2) is 0 Å². The minimum atomic E-state index is 0.602. The van der Waals surface area contributed by atoms with Gasteiger partial charge in [-0.2, -0.15) is 0 Å². The fourth-order valence-electron chi connectivity index (χ4n) is 3.24. The van der Waals surface area contributed by atoms with Crippen LogP contribution in [-0.2, 0) is 6.54 Å². The number of pyridine rings is 1. The lowest BCUT2D eigenvalue weighted by molar-refractivity contribution is 0.215. The molecular formula is C18H25N5. The second-order valence-electron chi connectivity index (χ2n) is 6.33. The summed E-state index contributed by atoms with van der Waals surface area (Å²) in [5, 5.41) is 0. The molecular weight excluding hydrogens is 286 g/mol. The van der Waals surface area contributed by atoms with E-state index >= 15 is 0 Å². The number of aryl methyl sites for hydroxylation is 1. The molecule has 0 aromatic carbocycles. The Bertz CT molecular complexity index is 616. The Hall–Kier alpha value is -2.01. The van der Waals surface area contributed by atoms with E-state index < -0.39 is 0 Å². The van der Waals surface area contributed by atoms with Gasteiger partial charge in [0, 0.05) is 43.6 Å². The quantitative estimate of drug-likeness (QED) is 0.868.